The molecule has 0 bridgehead atoms. The summed E-state index contributed by atoms with van der Waals surface area (Å²) in [5, 5.41) is 17.8. The van der Waals surface area contributed by atoms with Gasteiger partial charge in [0.25, 0.3) is 5.56 Å². The molecule has 1 N–H and O–H groups in total. The van der Waals surface area contributed by atoms with Crippen molar-refractivity contribution in [2.75, 3.05) is 0 Å². The molecule has 0 atom stereocenters. The van der Waals surface area contributed by atoms with Gasteiger partial charge in [-0.05, 0) is 12.1 Å². The van der Waals surface area contributed by atoms with E-state index in [2.05, 4.69) is 4.98 Å². The molecule has 0 aliphatic heterocycles. The van der Waals surface area contributed by atoms with Crippen molar-refractivity contribution in [3.63, 3.8) is 0 Å². The molecule has 2 heterocycles. The van der Waals surface area contributed by atoms with Crippen LogP contribution in [0.5, 0.6) is 5.88 Å². The summed E-state index contributed by atoms with van der Waals surface area (Å²) in [6.45, 7) is 0. The smallest absolute Gasteiger partial charge is 0.279 e. The number of rotatable bonds is 0. The lowest BCUT2D eigenvalue weighted by Crippen LogP contribution is -2.17. The Balaban J connectivity index is 3.03. The van der Waals surface area contributed by atoms with Crippen LogP contribution in [-0.4, -0.2) is 14.5 Å². The normalized spacial score (nSPS) is 9.93. The SMILES string of the molecule is N#Cc1c(O)nc2ccccn2c1=O. The molecule has 0 amide bonds. The lowest BCUT2D eigenvalue weighted by Gasteiger charge is -2.00. The van der Waals surface area contributed by atoms with Crippen LogP contribution in [0.4, 0.5) is 0 Å². The lowest BCUT2D eigenvalue weighted by atomic mass is 10.3. The highest BCUT2D eigenvalue weighted by Crippen LogP contribution is 2.08. The van der Waals surface area contributed by atoms with E-state index in [1.165, 1.54) is 10.6 Å². The topological polar surface area (TPSA) is 78.4 Å². The number of aromatic hydroxyl groups is 1. The first-order valence-corrected chi connectivity index (χ1v) is 3.84. The maximum absolute atomic E-state index is 11.5. The second-order valence-corrected chi connectivity index (χ2v) is 2.66. The van der Waals surface area contributed by atoms with Crippen molar-refractivity contribution in [2.24, 2.45) is 0 Å². The maximum atomic E-state index is 11.5. The first-order valence-electron chi connectivity index (χ1n) is 3.84. The molecule has 2 aromatic heterocycles. The zero-order valence-electron chi connectivity index (χ0n) is 7.01. The number of pyridine rings is 1. The van der Waals surface area contributed by atoms with E-state index >= 15 is 0 Å². The van der Waals surface area contributed by atoms with E-state index in [4.69, 9.17) is 5.26 Å². The van der Waals surface area contributed by atoms with Gasteiger partial charge in [0.05, 0.1) is 0 Å². The molecule has 0 aliphatic rings. The molecule has 0 saturated carbocycles. The van der Waals surface area contributed by atoms with Gasteiger partial charge < -0.3 is 5.11 Å². The van der Waals surface area contributed by atoms with Crippen LogP contribution in [0.1, 0.15) is 5.56 Å². The minimum atomic E-state index is -0.560. The fraction of sp³-hybridized carbons (Fsp3) is 0. The van der Waals surface area contributed by atoms with Crippen molar-refractivity contribution < 1.29 is 5.11 Å². The van der Waals surface area contributed by atoms with Gasteiger partial charge in [-0.1, -0.05) is 6.07 Å². The summed E-state index contributed by atoms with van der Waals surface area (Å²) in [6.07, 6.45) is 1.49. The Bertz CT molecular complexity index is 595. The number of hydrogen-bond acceptors (Lipinski definition) is 4. The highest BCUT2D eigenvalue weighted by Gasteiger charge is 2.09. The van der Waals surface area contributed by atoms with Crippen LogP contribution in [0.3, 0.4) is 0 Å². The largest absolute Gasteiger partial charge is 0.492 e. The Labute approximate surface area is 78.5 Å². The Morgan fingerprint density at radius 2 is 2.29 bits per heavy atom. The first kappa shape index (κ1) is 8.26. The van der Waals surface area contributed by atoms with Gasteiger partial charge in [0, 0.05) is 6.20 Å². The number of nitrogens with zero attached hydrogens (tertiary/aromatic N) is 3. The molecule has 68 valence electrons. The third-order valence-corrected chi connectivity index (χ3v) is 1.83. The van der Waals surface area contributed by atoms with Crippen LogP contribution in [0.15, 0.2) is 29.2 Å². The van der Waals surface area contributed by atoms with Crippen LogP contribution >= 0.6 is 0 Å². The van der Waals surface area contributed by atoms with Gasteiger partial charge in [0.1, 0.15) is 11.7 Å². The Kier molecular flexibility index (Phi) is 1.68. The highest BCUT2D eigenvalue weighted by molar-refractivity contribution is 5.46. The van der Waals surface area contributed by atoms with Gasteiger partial charge in [0.15, 0.2) is 5.56 Å². The van der Waals surface area contributed by atoms with E-state index < -0.39 is 11.4 Å². The van der Waals surface area contributed by atoms with Crippen LogP contribution in [0.25, 0.3) is 5.65 Å². The van der Waals surface area contributed by atoms with E-state index in [9.17, 15) is 9.90 Å². The predicted molar refractivity (Wildman–Crippen MR) is 47.8 cm³/mol. The van der Waals surface area contributed by atoms with Crippen LogP contribution in [0.2, 0.25) is 0 Å². The molecule has 0 aromatic carbocycles. The molecular formula is C9H5N3O2. The van der Waals surface area contributed by atoms with Crippen molar-refractivity contribution >= 4 is 5.65 Å². The predicted octanol–water partition coefficient (Wildman–Crippen LogP) is 0.272. The quantitative estimate of drug-likeness (QED) is 0.642. The number of fused-ring (bicyclic) bond motifs is 1. The van der Waals surface area contributed by atoms with Gasteiger partial charge in [0.2, 0.25) is 5.88 Å². The zero-order chi connectivity index (χ0) is 10.1. The van der Waals surface area contributed by atoms with E-state index in [0.29, 0.717) is 5.65 Å². The molecule has 2 aromatic rings. The molecule has 0 fully saturated rings. The monoisotopic (exact) mass is 187 g/mol. The van der Waals surface area contributed by atoms with Gasteiger partial charge in [-0.2, -0.15) is 10.2 Å². The summed E-state index contributed by atoms with van der Waals surface area (Å²) in [4.78, 5) is 15.2. The lowest BCUT2D eigenvalue weighted by molar-refractivity contribution is 0.451. The minimum Gasteiger partial charge on any atom is -0.492 e. The first-order chi connectivity index (χ1) is 6.74. The van der Waals surface area contributed by atoms with Crippen LogP contribution in [0, 0.1) is 11.3 Å². The molecule has 0 saturated heterocycles. The summed E-state index contributed by atoms with van der Waals surface area (Å²) < 4.78 is 1.21. The summed E-state index contributed by atoms with van der Waals surface area (Å²) in [6, 6.07) is 6.52. The number of aromatic nitrogens is 2. The van der Waals surface area contributed by atoms with Crippen molar-refractivity contribution in [3.8, 4) is 11.9 Å². The molecule has 0 spiro atoms. The van der Waals surface area contributed by atoms with Crippen molar-refractivity contribution in [1.29, 1.82) is 5.26 Å². The Morgan fingerprint density at radius 1 is 1.50 bits per heavy atom. The third kappa shape index (κ3) is 1.02. The average molecular weight is 187 g/mol. The van der Waals surface area contributed by atoms with Crippen LogP contribution < -0.4 is 5.56 Å². The molecule has 5 heteroatoms. The zero-order valence-corrected chi connectivity index (χ0v) is 7.01. The van der Waals surface area contributed by atoms with Crippen molar-refractivity contribution in [1.82, 2.24) is 9.38 Å². The standard InChI is InChI=1S/C9H5N3O2/c10-5-6-8(13)11-7-3-1-2-4-12(7)9(6)14/h1-4,13H. The van der Waals surface area contributed by atoms with Gasteiger partial charge >= 0.3 is 0 Å². The summed E-state index contributed by atoms with van der Waals surface area (Å²) in [5.41, 5.74) is -0.585. The minimum absolute atomic E-state index is 0.314. The van der Waals surface area contributed by atoms with Crippen molar-refractivity contribution in [3.05, 3.63) is 40.3 Å². The second-order valence-electron chi connectivity index (χ2n) is 2.66. The highest BCUT2D eigenvalue weighted by atomic mass is 16.3. The van der Waals surface area contributed by atoms with Crippen molar-refractivity contribution in [2.45, 2.75) is 0 Å². The van der Waals surface area contributed by atoms with E-state index in [1.807, 2.05) is 0 Å². The second kappa shape index (κ2) is 2.85. The van der Waals surface area contributed by atoms with Gasteiger partial charge in [-0.3, -0.25) is 9.20 Å². The Morgan fingerprint density at radius 3 is 3.00 bits per heavy atom. The van der Waals surface area contributed by atoms with E-state index in [-0.39, 0.29) is 5.56 Å². The summed E-state index contributed by atoms with van der Waals surface area (Å²) in [7, 11) is 0. The maximum Gasteiger partial charge on any atom is 0.279 e. The molecule has 14 heavy (non-hydrogen) atoms. The number of nitriles is 1. The molecule has 2 rings (SSSR count). The van der Waals surface area contributed by atoms with E-state index in [0.717, 1.165) is 0 Å². The Hall–Kier alpha value is -2.35. The number of hydrogen-bond donors (Lipinski definition) is 1. The molecule has 0 radical (unpaired) electrons. The summed E-state index contributed by atoms with van der Waals surface area (Å²) in [5.74, 6) is -0.524. The molecule has 5 nitrogen and oxygen atoms in total. The van der Waals surface area contributed by atoms with Gasteiger partial charge in [-0.15, -0.1) is 0 Å². The molecular weight excluding hydrogens is 182 g/mol. The van der Waals surface area contributed by atoms with Crippen LogP contribution in [-0.2, 0) is 0 Å². The molecule has 0 aliphatic carbocycles. The fourth-order valence-corrected chi connectivity index (χ4v) is 1.18. The fourth-order valence-electron chi connectivity index (χ4n) is 1.18. The third-order valence-electron chi connectivity index (χ3n) is 1.83. The summed E-state index contributed by atoms with van der Waals surface area (Å²) >= 11 is 0. The molecule has 0 unspecified atom stereocenters. The van der Waals surface area contributed by atoms with E-state index in [1.54, 1.807) is 24.3 Å². The van der Waals surface area contributed by atoms with Gasteiger partial charge in [-0.25, -0.2) is 0 Å². The average Bonchev–Trinajstić information content (AvgIpc) is 2.18.